The molecule has 0 unspecified atom stereocenters. The molecule has 1 aliphatic heterocycles. The highest BCUT2D eigenvalue weighted by Gasteiger charge is 2.19. The van der Waals surface area contributed by atoms with Gasteiger partial charge in [-0.3, -0.25) is 4.79 Å². The fourth-order valence-electron chi connectivity index (χ4n) is 3.85. The Labute approximate surface area is 226 Å². The fraction of sp³-hybridized carbons (Fsp3) is 0.276. The summed E-state index contributed by atoms with van der Waals surface area (Å²) in [6, 6.07) is 19.7. The third-order valence-electron chi connectivity index (χ3n) is 5.66. The van der Waals surface area contributed by atoms with E-state index in [0.717, 1.165) is 16.9 Å². The third kappa shape index (κ3) is 7.88. The van der Waals surface area contributed by atoms with Crippen LogP contribution in [0.4, 0.5) is 4.79 Å². The molecule has 0 fully saturated rings. The molecule has 0 spiro atoms. The topological polar surface area (TPSA) is 117 Å². The van der Waals surface area contributed by atoms with E-state index in [-0.39, 0.29) is 25.7 Å². The summed E-state index contributed by atoms with van der Waals surface area (Å²) in [5.41, 5.74) is 4.93. The number of fused-ring (bicyclic) bond motifs is 1. The maximum absolute atomic E-state index is 12.6. The molecular weight excluding hydrogens is 502 g/mol. The summed E-state index contributed by atoms with van der Waals surface area (Å²) in [5.74, 6) is 2.17. The molecule has 0 bridgehead atoms. The minimum Gasteiger partial charge on any atom is -0.490 e. The molecule has 10 heteroatoms. The molecule has 3 aromatic carbocycles. The molecule has 39 heavy (non-hydrogen) atoms. The molecule has 0 saturated heterocycles. The van der Waals surface area contributed by atoms with E-state index in [2.05, 4.69) is 15.8 Å². The normalized spacial score (nSPS) is 12.6. The van der Waals surface area contributed by atoms with Crippen molar-refractivity contribution >= 4 is 18.2 Å². The SMILES string of the molecule is CCOC(=O)N[C@H](CC(=O)N/N=C\c1ccc(OCc2ccc3c(c2)OCO3)c(OCC)c1)c1ccccc1. The number of ether oxygens (including phenoxy) is 5. The van der Waals surface area contributed by atoms with E-state index < -0.39 is 12.1 Å². The number of carbonyl (C=O) groups excluding carboxylic acids is 2. The largest absolute Gasteiger partial charge is 0.490 e. The molecule has 1 aliphatic rings. The van der Waals surface area contributed by atoms with Crippen LogP contribution in [0.3, 0.4) is 0 Å². The Bertz CT molecular complexity index is 1300. The van der Waals surface area contributed by atoms with Crippen LogP contribution in [0.1, 0.15) is 43.0 Å². The summed E-state index contributed by atoms with van der Waals surface area (Å²) in [5, 5.41) is 6.79. The summed E-state index contributed by atoms with van der Waals surface area (Å²) in [4.78, 5) is 24.6. The molecule has 0 aliphatic carbocycles. The maximum atomic E-state index is 12.6. The molecule has 1 heterocycles. The van der Waals surface area contributed by atoms with Gasteiger partial charge in [0.2, 0.25) is 12.7 Å². The van der Waals surface area contributed by atoms with Crippen LogP contribution >= 0.6 is 0 Å². The fourth-order valence-corrected chi connectivity index (χ4v) is 3.85. The third-order valence-corrected chi connectivity index (χ3v) is 5.66. The van der Waals surface area contributed by atoms with Crippen molar-refractivity contribution in [2.24, 2.45) is 5.10 Å². The van der Waals surface area contributed by atoms with Crippen molar-refractivity contribution in [3.63, 3.8) is 0 Å². The second kappa shape index (κ2) is 13.7. The molecule has 0 saturated carbocycles. The van der Waals surface area contributed by atoms with Crippen molar-refractivity contribution < 1.29 is 33.3 Å². The predicted molar refractivity (Wildman–Crippen MR) is 144 cm³/mol. The molecule has 4 rings (SSSR count). The van der Waals surface area contributed by atoms with Gasteiger partial charge in [-0.2, -0.15) is 5.10 Å². The van der Waals surface area contributed by atoms with Gasteiger partial charge in [0, 0.05) is 0 Å². The second-order valence-corrected chi connectivity index (χ2v) is 8.44. The lowest BCUT2D eigenvalue weighted by Crippen LogP contribution is -2.33. The lowest BCUT2D eigenvalue weighted by molar-refractivity contribution is -0.121. The smallest absolute Gasteiger partial charge is 0.407 e. The van der Waals surface area contributed by atoms with Crippen molar-refractivity contribution in [2.75, 3.05) is 20.0 Å². The number of hydrogen-bond donors (Lipinski definition) is 2. The number of nitrogens with zero attached hydrogens (tertiary/aromatic N) is 1. The molecule has 10 nitrogen and oxygen atoms in total. The summed E-state index contributed by atoms with van der Waals surface area (Å²) in [7, 11) is 0. The zero-order valence-corrected chi connectivity index (χ0v) is 21.8. The van der Waals surface area contributed by atoms with Crippen LogP contribution in [0.25, 0.3) is 0 Å². The first kappa shape index (κ1) is 27.3. The van der Waals surface area contributed by atoms with E-state index in [1.807, 2.05) is 61.5 Å². The van der Waals surface area contributed by atoms with Crippen molar-refractivity contribution in [2.45, 2.75) is 32.9 Å². The zero-order chi connectivity index (χ0) is 27.5. The Morgan fingerprint density at radius 1 is 0.949 bits per heavy atom. The zero-order valence-electron chi connectivity index (χ0n) is 21.8. The average Bonchev–Trinajstić information content (AvgIpc) is 3.41. The van der Waals surface area contributed by atoms with Crippen molar-refractivity contribution in [3.05, 3.63) is 83.4 Å². The summed E-state index contributed by atoms with van der Waals surface area (Å²) < 4.78 is 27.5. The van der Waals surface area contributed by atoms with Crippen molar-refractivity contribution in [3.8, 4) is 23.0 Å². The minimum absolute atomic E-state index is 0.0169. The number of nitrogens with one attached hydrogen (secondary N) is 2. The van der Waals surface area contributed by atoms with E-state index in [0.29, 0.717) is 36.0 Å². The minimum atomic E-state index is -0.591. The Morgan fingerprint density at radius 2 is 1.77 bits per heavy atom. The molecule has 2 amide bonds. The van der Waals surface area contributed by atoms with Gasteiger partial charge in [0.1, 0.15) is 6.61 Å². The number of benzene rings is 3. The molecule has 3 aromatic rings. The van der Waals surface area contributed by atoms with Crippen LogP contribution in [-0.2, 0) is 16.1 Å². The molecule has 0 radical (unpaired) electrons. The number of carbonyl (C=O) groups is 2. The lowest BCUT2D eigenvalue weighted by atomic mass is 10.0. The van der Waals surface area contributed by atoms with E-state index in [4.69, 9.17) is 23.7 Å². The summed E-state index contributed by atoms with van der Waals surface area (Å²) >= 11 is 0. The maximum Gasteiger partial charge on any atom is 0.407 e. The Morgan fingerprint density at radius 3 is 2.56 bits per heavy atom. The highest BCUT2D eigenvalue weighted by Crippen LogP contribution is 2.34. The van der Waals surface area contributed by atoms with Gasteiger partial charge in [0.25, 0.3) is 0 Å². The van der Waals surface area contributed by atoms with E-state index in [1.54, 1.807) is 19.1 Å². The van der Waals surface area contributed by atoms with Crippen LogP contribution < -0.4 is 29.7 Å². The van der Waals surface area contributed by atoms with Gasteiger partial charge in [-0.1, -0.05) is 36.4 Å². The van der Waals surface area contributed by atoms with Crippen molar-refractivity contribution in [1.29, 1.82) is 0 Å². The predicted octanol–water partition coefficient (Wildman–Crippen LogP) is 4.72. The first-order chi connectivity index (χ1) is 19.1. The number of hydrazone groups is 1. The first-order valence-corrected chi connectivity index (χ1v) is 12.6. The van der Waals surface area contributed by atoms with E-state index >= 15 is 0 Å². The lowest BCUT2D eigenvalue weighted by Gasteiger charge is -2.18. The van der Waals surface area contributed by atoms with Crippen LogP contribution in [0.2, 0.25) is 0 Å². The molecule has 2 N–H and O–H groups in total. The quantitative estimate of drug-likeness (QED) is 0.256. The van der Waals surface area contributed by atoms with Gasteiger partial charge in [0.15, 0.2) is 23.0 Å². The summed E-state index contributed by atoms with van der Waals surface area (Å²) in [6.07, 6.45) is 0.905. The molecule has 204 valence electrons. The molecule has 0 aromatic heterocycles. The number of alkyl carbamates (subject to hydrolysis) is 1. The average molecular weight is 534 g/mol. The monoisotopic (exact) mass is 533 g/mol. The highest BCUT2D eigenvalue weighted by atomic mass is 16.7. The Hall–Kier alpha value is -4.73. The second-order valence-electron chi connectivity index (χ2n) is 8.44. The first-order valence-electron chi connectivity index (χ1n) is 12.6. The summed E-state index contributed by atoms with van der Waals surface area (Å²) in [6.45, 7) is 4.82. The Kier molecular flexibility index (Phi) is 9.60. The Balaban J connectivity index is 1.35. The van der Waals surface area contributed by atoms with E-state index in [1.165, 1.54) is 6.21 Å². The van der Waals surface area contributed by atoms with Crippen LogP contribution in [0.5, 0.6) is 23.0 Å². The number of hydrogen-bond acceptors (Lipinski definition) is 8. The molecule has 1 atom stereocenters. The van der Waals surface area contributed by atoms with E-state index in [9.17, 15) is 9.59 Å². The van der Waals surface area contributed by atoms with Gasteiger partial charge in [-0.05, 0) is 60.9 Å². The number of rotatable bonds is 12. The van der Waals surface area contributed by atoms with Gasteiger partial charge in [-0.15, -0.1) is 0 Å². The molecular formula is C29H31N3O7. The van der Waals surface area contributed by atoms with Crippen LogP contribution in [0, 0.1) is 0 Å². The van der Waals surface area contributed by atoms with Gasteiger partial charge < -0.3 is 29.0 Å². The van der Waals surface area contributed by atoms with Gasteiger partial charge in [0.05, 0.1) is 31.9 Å². The van der Waals surface area contributed by atoms with Crippen molar-refractivity contribution in [1.82, 2.24) is 10.7 Å². The highest BCUT2D eigenvalue weighted by molar-refractivity contribution is 5.83. The van der Waals surface area contributed by atoms with Gasteiger partial charge in [-0.25, -0.2) is 10.2 Å². The van der Waals surface area contributed by atoms with Crippen LogP contribution in [0.15, 0.2) is 71.8 Å². The standard InChI is InChI=1S/C29H31N3O7/c1-3-35-26-14-20(10-12-24(26)37-18-21-11-13-25-27(15-21)39-19-38-25)17-30-32-28(33)16-23(31-29(34)36-4-2)22-8-6-5-7-9-22/h5-15,17,23H,3-4,16,18-19H2,1-2H3,(H,31,34)(H,32,33)/b30-17-/t23-/m1/s1. The number of amides is 2. The van der Waals surface area contributed by atoms with Gasteiger partial charge >= 0.3 is 6.09 Å². The van der Waals surface area contributed by atoms with Crippen LogP contribution in [-0.4, -0.2) is 38.2 Å².